The number of epoxide rings is 1. The molecule has 0 aliphatic carbocycles. The quantitative estimate of drug-likeness (QED) is 0.500. The Bertz CT molecular complexity index is 177. The summed E-state index contributed by atoms with van der Waals surface area (Å²) in [5.74, 6) is 0. The van der Waals surface area contributed by atoms with Gasteiger partial charge in [-0.2, -0.15) is 0 Å². The van der Waals surface area contributed by atoms with Crippen molar-refractivity contribution >= 4 is 6.09 Å². The van der Waals surface area contributed by atoms with E-state index in [9.17, 15) is 4.79 Å². The van der Waals surface area contributed by atoms with Gasteiger partial charge in [-0.1, -0.05) is 12.7 Å². The normalized spacial score (nSPS) is 22.6. The van der Waals surface area contributed by atoms with Crippen LogP contribution in [0.5, 0.6) is 0 Å². The van der Waals surface area contributed by atoms with Gasteiger partial charge in [0.05, 0.1) is 12.6 Å². The van der Waals surface area contributed by atoms with Crippen LogP contribution in [0.1, 0.15) is 6.92 Å². The largest absolute Gasteiger partial charge is 0.445 e. The molecule has 2 unspecified atom stereocenters. The fourth-order valence-corrected chi connectivity index (χ4v) is 0.799. The third-order valence-corrected chi connectivity index (χ3v) is 1.59. The number of hydrogen-bond donors (Lipinski definition) is 1. The molecule has 1 rings (SSSR count). The number of ether oxygens (including phenoxy) is 2. The van der Waals surface area contributed by atoms with Crippen molar-refractivity contribution in [1.82, 2.24) is 5.32 Å². The number of hydrogen-bond acceptors (Lipinski definition) is 3. The van der Waals surface area contributed by atoms with Crippen LogP contribution in [0.2, 0.25) is 0 Å². The SMILES string of the molecule is C=CCOC(=O)NC(C)C1CO1. The second-order valence-electron chi connectivity index (χ2n) is 2.69. The summed E-state index contributed by atoms with van der Waals surface area (Å²) in [4.78, 5) is 10.9. The molecule has 0 spiro atoms. The molecule has 68 valence electrons. The van der Waals surface area contributed by atoms with Crippen LogP contribution in [-0.2, 0) is 9.47 Å². The molecule has 1 aliphatic rings. The van der Waals surface area contributed by atoms with Crippen molar-refractivity contribution in [3.8, 4) is 0 Å². The minimum atomic E-state index is -0.419. The highest BCUT2D eigenvalue weighted by Gasteiger charge is 2.30. The van der Waals surface area contributed by atoms with Crippen molar-refractivity contribution in [2.24, 2.45) is 0 Å². The highest BCUT2D eigenvalue weighted by atomic mass is 16.6. The Kier molecular flexibility index (Phi) is 3.10. The number of amides is 1. The summed E-state index contributed by atoms with van der Waals surface area (Å²) in [5, 5.41) is 2.64. The van der Waals surface area contributed by atoms with Crippen LogP contribution in [0.25, 0.3) is 0 Å². The van der Waals surface area contributed by atoms with Gasteiger partial charge in [0.2, 0.25) is 0 Å². The van der Waals surface area contributed by atoms with Crippen LogP contribution >= 0.6 is 0 Å². The van der Waals surface area contributed by atoms with Crippen LogP contribution in [-0.4, -0.2) is 31.5 Å². The summed E-state index contributed by atoms with van der Waals surface area (Å²) in [6, 6.07) is 0.0299. The first kappa shape index (κ1) is 9.06. The maximum Gasteiger partial charge on any atom is 0.407 e. The predicted octanol–water partition coefficient (Wildman–Crippen LogP) is 0.686. The zero-order chi connectivity index (χ0) is 8.97. The summed E-state index contributed by atoms with van der Waals surface area (Å²) in [5.41, 5.74) is 0. The van der Waals surface area contributed by atoms with Gasteiger partial charge in [0.25, 0.3) is 0 Å². The average molecular weight is 171 g/mol. The molecule has 0 saturated carbocycles. The van der Waals surface area contributed by atoms with E-state index in [1.165, 1.54) is 6.08 Å². The van der Waals surface area contributed by atoms with E-state index in [0.29, 0.717) is 0 Å². The van der Waals surface area contributed by atoms with Crippen molar-refractivity contribution in [3.05, 3.63) is 12.7 Å². The molecule has 0 aromatic rings. The molecular formula is C8H13NO3. The van der Waals surface area contributed by atoms with Gasteiger partial charge in [0.1, 0.15) is 12.7 Å². The molecule has 0 radical (unpaired) electrons. The van der Waals surface area contributed by atoms with E-state index in [4.69, 9.17) is 9.47 Å². The molecule has 4 heteroatoms. The topological polar surface area (TPSA) is 50.9 Å². The highest BCUT2D eigenvalue weighted by Crippen LogP contribution is 2.13. The van der Waals surface area contributed by atoms with Gasteiger partial charge in [0.15, 0.2) is 0 Å². The summed E-state index contributed by atoms with van der Waals surface area (Å²) in [6.07, 6.45) is 1.27. The first-order valence-electron chi connectivity index (χ1n) is 3.90. The van der Waals surface area contributed by atoms with Gasteiger partial charge in [-0.15, -0.1) is 0 Å². The monoisotopic (exact) mass is 171 g/mol. The summed E-state index contributed by atoms with van der Waals surface area (Å²) in [6.45, 7) is 6.28. The van der Waals surface area contributed by atoms with E-state index in [1.807, 2.05) is 6.92 Å². The van der Waals surface area contributed by atoms with E-state index in [0.717, 1.165) is 6.61 Å². The van der Waals surface area contributed by atoms with Gasteiger partial charge in [0, 0.05) is 0 Å². The van der Waals surface area contributed by atoms with Crippen molar-refractivity contribution in [3.63, 3.8) is 0 Å². The first-order valence-corrected chi connectivity index (χ1v) is 3.90. The van der Waals surface area contributed by atoms with Crippen molar-refractivity contribution in [2.75, 3.05) is 13.2 Å². The molecular weight excluding hydrogens is 158 g/mol. The third kappa shape index (κ3) is 2.92. The molecule has 1 N–H and O–H groups in total. The smallest absolute Gasteiger partial charge is 0.407 e. The second kappa shape index (κ2) is 4.11. The van der Waals surface area contributed by atoms with Crippen LogP contribution < -0.4 is 5.32 Å². The number of carbonyl (C=O) groups is 1. The summed E-state index contributed by atoms with van der Waals surface area (Å²) in [7, 11) is 0. The lowest BCUT2D eigenvalue weighted by Crippen LogP contribution is -2.36. The lowest BCUT2D eigenvalue weighted by atomic mass is 10.3. The average Bonchev–Trinajstić information content (AvgIpc) is 2.82. The predicted molar refractivity (Wildman–Crippen MR) is 43.9 cm³/mol. The zero-order valence-corrected chi connectivity index (χ0v) is 7.08. The fourth-order valence-electron chi connectivity index (χ4n) is 0.799. The molecule has 0 aromatic heterocycles. The minimum absolute atomic E-state index is 0.0299. The second-order valence-corrected chi connectivity index (χ2v) is 2.69. The molecule has 1 saturated heterocycles. The Morgan fingerprint density at radius 2 is 2.67 bits per heavy atom. The summed E-state index contributed by atoms with van der Waals surface area (Å²) < 4.78 is 9.70. The van der Waals surface area contributed by atoms with Crippen molar-refractivity contribution in [1.29, 1.82) is 0 Å². The Labute approximate surface area is 71.5 Å². The first-order chi connectivity index (χ1) is 5.74. The minimum Gasteiger partial charge on any atom is -0.445 e. The van der Waals surface area contributed by atoms with Crippen molar-refractivity contribution in [2.45, 2.75) is 19.1 Å². The van der Waals surface area contributed by atoms with Gasteiger partial charge in [-0.05, 0) is 6.92 Å². The van der Waals surface area contributed by atoms with E-state index >= 15 is 0 Å². The van der Waals surface area contributed by atoms with Crippen molar-refractivity contribution < 1.29 is 14.3 Å². The summed E-state index contributed by atoms with van der Waals surface area (Å²) >= 11 is 0. The van der Waals surface area contributed by atoms with E-state index in [1.54, 1.807) is 0 Å². The Hall–Kier alpha value is -1.03. The van der Waals surface area contributed by atoms with Gasteiger partial charge < -0.3 is 14.8 Å². The molecule has 1 amide bonds. The molecule has 1 fully saturated rings. The fraction of sp³-hybridized carbons (Fsp3) is 0.625. The number of nitrogens with one attached hydrogen (secondary N) is 1. The van der Waals surface area contributed by atoms with Crippen LogP contribution in [0.3, 0.4) is 0 Å². The van der Waals surface area contributed by atoms with Crippen LogP contribution in [0.4, 0.5) is 4.79 Å². The van der Waals surface area contributed by atoms with E-state index in [2.05, 4.69) is 11.9 Å². The van der Waals surface area contributed by atoms with Crippen LogP contribution in [0, 0.1) is 0 Å². The molecule has 1 heterocycles. The lowest BCUT2D eigenvalue weighted by molar-refractivity contribution is 0.152. The highest BCUT2D eigenvalue weighted by molar-refractivity contribution is 5.67. The van der Waals surface area contributed by atoms with E-state index in [-0.39, 0.29) is 18.8 Å². The number of rotatable bonds is 4. The van der Waals surface area contributed by atoms with Crippen LogP contribution in [0.15, 0.2) is 12.7 Å². The van der Waals surface area contributed by atoms with Gasteiger partial charge in [-0.25, -0.2) is 4.79 Å². The standard InChI is InChI=1S/C8H13NO3/c1-3-4-11-8(10)9-6(2)7-5-12-7/h3,6-7H,1,4-5H2,2H3,(H,9,10). The Balaban J connectivity index is 2.11. The maximum absolute atomic E-state index is 10.9. The third-order valence-electron chi connectivity index (χ3n) is 1.59. The molecule has 2 atom stereocenters. The maximum atomic E-state index is 10.9. The lowest BCUT2D eigenvalue weighted by Gasteiger charge is -2.09. The number of carbonyl (C=O) groups excluding carboxylic acids is 1. The molecule has 0 bridgehead atoms. The van der Waals surface area contributed by atoms with E-state index < -0.39 is 6.09 Å². The van der Waals surface area contributed by atoms with Gasteiger partial charge >= 0.3 is 6.09 Å². The molecule has 0 aromatic carbocycles. The molecule has 1 aliphatic heterocycles. The Morgan fingerprint density at radius 1 is 2.00 bits per heavy atom. The van der Waals surface area contributed by atoms with Gasteiger partial charge in [-0.3, -0.25) is 0 Å². The zero-order valence-electron chi connectivity index (χ0n) is 7.08. The molecule has 4 nitrogen and oxygen atoms in total. The number of alkyl carbamates (subject to hydrolysis) is 1. The molecule has 12 heavy (non-hydrogen) atoms. The Morgan fingerprint density at radius 3 is 3.17 bits per heavy atom.